The normalized spacial score (nSPS) is 10.2. The molecule has 0 atom stereocenters. The molecule has 0 fully saturated rings. The van der Waals surface area contributed by atoms with Crippen LogP contribution in [0, 0.1) is 10.1 Å². The molecular formula is C13H9Br2NO3. The summed E-state index contributed by atoms with van der Waals surface area (Å²) in [6.45, 7) is 0.399. The van der Waals surface area contributed by atoms with Crippen LogP contribution in [0.25, 0.3) is 0 Å². The molecule has 98 valence electrons. The largest absolute Gasteiger partial charge is 0.487 e. The average molecular weight is 387 g/mol. The lowest BCUT2D eigenvalue weighted by Crippen LogP contribution is -1.97. The van der Waals surface area contributed by atoms with Gasteiger partial charge in [0.05, 0.1) is 13.9 Å². The molecule has 6 heteroatoms. The summed E-state index contributed by atoms with van der Waals surface area (Å²) in [5.74, 6) is 0.550. The number of nitro benzene ring substituents is 1. The molecule has 0 bridgehead atoms. The summed E-state index contributed by atoms with van der Waals surface area (Å²) < 4.78 is 6.76. The van der Waals surface area contributed by atoms with E-state index in [1.807, 2.05) is 30.3 Å². The van der Waals surface area contributed by atoms with Gasteiger partial charge in [-0.2, -0.15) is 0 Å². The van der Waals surface area contributed by atoms with Crippen LogP contribution in [0.2, 0.25) is 0 Å². The first-order chi connectivity index (χ1) is 9.08. The second kappa shape index (κ2) is 6.16. The molecule has 0 saturated heterocycles. The number of nitro groups is 1. The Kier molecular flexibility index (Phi) is 4.55. The van der Waals surface area contributed by atoms with Gasteiger partial charge in [0.1, 0.15) is 12.4 Å². The van der Waals surface area contributed by atoms with Crippen LogP contribution < -0.4 is 4.74 Å². The molecular weight excluding hydrogens is 378 g/mol. The molecule has 0 aromatic heterocycles. The van der Waals surface area contributed by atoms with E-state index in [-0.39, 0.29) is 5.69 Å². The highest BCUT2D eigenvalue weighted by molar-refractivity contribution is 9.11. The second-order valence-corrected chi connectivity index (χ2v) is 5.48. The zero-order valence-corrected chi connectivity index (χ0v) is 12.8. The van der Waals surface area contributed by atoms with E-state index in [1.165, 1.54) is 12.1 Å². The summed E-state index contributed by atoms with van der Waals surface area (Å²) in [6.07, 6.45) is 0. The Morgan fingerprint density at radius 3 is 2.21 bits per heavy atom. The van der Waals surface area contributed by atoms with Crippen molar-refractivity contribution in [3.05, 3.63) is 67.1 Å². The molecule has 0 aliphatic heterocycles. The minimum atomic E-state index is -0.448. The van der Waals surface area contributed by atoms with E-state index >= 15 is 0 Å². The van der Waals surface area contributed by atoms with Crippen molar-refractivity contribution in [2.75, 3.05) is 0 Å². The van der Waals surface area contributed by atoms with Crippen LogP contribution in [0.3, 0.4) is 0 Å². The zero-order valence-electron chi connectivity index (χ0n) is 9.68. The molecule has 2 aromatic rings. The fraction of sp³-hybridized carbons (Fsp3) is 0.0769. The maximum atomic E-state index is 10.7. The Bertz CT molecular complexity index is 579. The SMILES string of the molecule is O=[N+]([O-])c1cc(Br)c(OCc2ccccc2)c(Br)c1. The first kappa shape index (κ1) is 14.0. The van der Waals surface area contributed by atoms with Crippen molar-refractivity contribution in [1.82, 2.24) is 0 Å². The molecule has 0 unspecified atom stereocenters. The predicted molar refractivity (Wildman–Crippen MR) is 79.3 cm³/mol. The van der Waals surface area contributed by atoms with E-state index in [0.717, 1.165) is 5.56 Å². The second-order valence-electron chi connectivity index (χ2n) is 3.77. The molecule has 0 radical (unpaired) electrons. The molecule has 2 rings (SSSR count). The van der Waals surface area contributed by atoms with Gasteiger partial charge in [0.15, 0.2) is 0 Å². The number of halogens is 2. The van der Waals surface area contributed by atoms with Crippen molar-refractivity contribution in [2.45, 2.75) is 6.61 Å². The van der Waals surface area contributed by atoms with E-state index in [2.05, 4.69) is 31.9 Å². The van der Waals surface area contributed by atoms with E-state index in [9.17, 15) is 10.1 Å². The molecule has 0 spiro atoms. The molecule has 0 aliphatic rings. The van der Waals surface area contributed by atoms with Crippen LogP contribution in [0.15, 0.2) is 51.4 Å². The maximum Gasteiger partial charge on any atom is 0.271 e. The lowest BCUT2D eigenvalue weighted by atomic mass is 10.2. The fourth-order valence-electron chi connectivity index (χ4n) is 1.52. The van der Waals surface area contributed by atoms with Crippen LogP contribution in [0.4, 0.5) is 5.69 Å². The summed E-state index contributed by atoms with van der Waals surface area (Å²) in [5, 5.41) is 10.7. The van der Waals surface area contributed by atoms with Gasteiger partial charge in [-0.1, -0.05) is 30.3 Å². The third-order valence-corrected chi connectivity index (χ3v) is 3.60. The number of benzene rings is 2. The molecule has 2 aromatic carbocycles. The smallest absolute Gasteiger partial charge is 0.271 e. The predicted octanol–water partition coefficient (Wildman–Crippen LogP) is 4.70. The summed E-state index contributed by atoms with van der Waals surface area (Å²) in [5.41, 5.74) is 1.03. The molecule has 4 nitrogen and oxygen atoms in total. The van der Waals surface area contributed by atoms with Crippen molar-refractivity contribution in [3.63, 3.8) is 0 Å². The van der Waals surface area contributed by atoms with E-state index < -0.39 is 4.92 Å². The lowest BCUT2D eigenvalue weighted by molar-refractivity contribution is -0.385. The van der Waals surface area contributed by atoms with Crippen molar-refractivity contribution in [1.29, 1.82) is 0 Å². The Morgan fingerprint density at radius 1 is 1.11 bits per heavy atom. The van der Waals surface area contributed by atoms with Gasteiger partial charge in [-0.05, 0) is 37.4 Å². The van der Waals surface area contributed by atoms with Gasteiger partial charge in [0.25, 0.3) is 5.69 Å². The molecule has 0 saturated carbocycles. The summed E-state index contributed by atoms with van der Waals surface area (Å²) in [7, 11) is 0. The first-order valence-electron chi connectivity index (χ1n) is 5.38. The topological polar surface area (TPSA) is 52.4 Å². The highest BCUT2D eigenvalue weighted by Crippen LogP contribution is 2.37. The zero-order chi connectivity index (χ0) is 13.8. The van der Waals surface area contributed by atoms with Crippen molar-refractivity contribution >= 4 is 37.5 Å². The van der Waals surface area contributed by atoms with Gasteiger partial charge < -0.3 is 4.74 Å². The highest BCUT2D eigenvalue weighted by Gasteiger charge is 2.15. The van der Waals surface area contributed by atoms with E-state index in [4.69, 9.17) is 4.74 Å². The standard InChI is InChI=1S/C13H9Br2NO3/c14-11-6-10(16(17)18)7-12(15)13(11)19-8-9-4-2-1-3-5-9/h1-7H,8H2. The molecule has 19 heavy (non-hydrogen) atoms. The van der Waals surface area contributed by atoms with Crippen molar-refractivity contribution in [2.24, 2.45) is 0 Å². The number of hydrogen-bond acceptors (Lipinski definition) is 3. The molecule has 0 N–H and O–H groups in total. The summed E-state index contributed by atoms with van der Waals surface area (Å²) in [4.78, 5) is 10.3. The lowest BCUT2D eigenvalue weighted by Gasteiger charge is -2.10. The number of ether oxygens (including phenoxy) is 1. The van der Waals surface area contributed by atoms with Gasteiger partial charge in [-0.3, -0.25) is 10.1 Å². The number of nitrogens with zero attached hydrogens (tertiary/aromatic N) is 1. The van der Waals surface area contributed by atoms with E-state index in [0.29, 0.717) is 21.3 Å². The quantitative estimate of drug-likeness (QED) is 0.565. The van der Waals surface area contributed by atoms with Crippen LogP contribution >= 0.6 is 31.9 Å². The number of rotatable bonds is 4. The first-order valence-corrected chi connectivity index (χ1v) is 6.96. The van der Waals surface area contributed by atoms with Crippen LogP contribution in [-0.4, -0.2) is 4.92 Å². The van der Waals surface area contributed by atoms with E-state index in [1.54, 1.807) is 0 Å². The molecule has 0 heterocycles. The fourth-order valence-corrected chi connectivity index (χ4v) is 2.91. The van der Waals surface area contributed by atoms with Crippen molar-refractivity contribution < 1.29 is 9.66 Å². The van der Waals surface area contributed by atoms with Crippen LogP contribution in [0.1, 0.15) is 5.56 Å². The summed E-state index contributed by atoms with van der Waals surface area (Å²) >= 11 is 6.56. The highest BCUT2D eigenvalue weighted by atomic mass is 79.9. The monoisotopic (exact) mass is 385 g/mol. The van der Waals surface area contributed by atoms with Gasteiger partial charge in [-0.25, -0.2) is 0 Å². The average Bonchev–Trinajstić information content (AvgIpc) is 2.38. The van der Waals surface area contributed by atoms with Crippen LogP contribution in [0.5, 0.6) is 5.75 Å². The van der Waals surface area contributed by atoms with Crippen LogP contribution in [-0.2, 0) is 6.61 Å². The summed E-state index contributed by atoms with van der Waals surface area (Å²) in [6, 6.07) is 12.5. The Balaban J connectivity index is 2.19. The third-order valence-electron chi connectivity index (χ3n) is 2.42. The maximum absolute atomic E-state index is 10.7. The Hall–Kier alpha value is -1.40. The van der Waals surface area contributed by atoms with Gasteiger partial charge in [0.2, 0.25) is 0 Å². The van der Waals surface area contributed by atoms with Gasteiger partial charge in [0, 0.05) is 12.1 Å². The molecule has 0 amide bonds. The third kappa shape index (κ3) is 3.54. The molecule has 0 aliphatic carbocycles. The van der Waals surface area contributed by atoms with Crippen molar-refractivity contribution in [3.8, 4) is 5.75 Å². The Labute approximate surface area is 126 Å². The number of hydrogen-bond donors (Lipinski definition) is 0. The van der Waals surface area contributed by atoms with Gasteiger partial charge in [-0.15, -0.1) is 0 Å². The minimum Gasteiger partial charge on any atom is -0.487 e. The Morgan fingerprint density at radius 2 is 1.68 bits per heavy atom. The minimum absolute atomic E-state index is 0.00538. The van der Waals surface area contributed by atoms with Gasteiger partial charge >= 0.3 is 0 Å². The number of non-ortho nitro benzene ring substituents is 1.